The van der Waals surface area contributed by atoms with Crippen LogP contribution in [0.1, 0.15) is 0 Å². The van der Waals surface area contributed by atoms with Gasteiger partial charge in [-0.2, -0.15) is 0 Å². The molecular weight excluding hydrogens is 206 g/mol. The van der Waals surface area contributed by atoms with E-state index in [9.17, 15) is 10.2 Å². The largest absolute Gasteiger partial charge is 0.394 e. The van der Waals surface area contributed by atoms with Gasteiger partial charge in [-0.15, -0.1) is 0 Å². The summed E-state index contributed by atoms with van der Waals surface area (Å²) in [5, 5.41) is 31.3. The molecule has 0 aromatic carbocycles. The second-order valence-electron chi connectivity index (χ2n) is 3.14. The zero-order valence-electron chi connectivity index (χ0n) is 8.09. The quantitative estimate of drug-likeness (QED) is 0.310. The number of nitrogens with zero attached hydrogens (tertiary/aromatic N) is 3. The summed E-state index contributed by atoms with van der Waals surface area (Å²) in [6.45, 7) is -0.453. The Labute approximate surface area is 85.7 Å². The van der Waals surface area contributed by atoms with E-state index in [-0.39, 0.29) is 0 Å². The van der Waals surface area contributed by atoms with Crippen molar-refractivity contribution in [2.24, 2.45) is 5.11 Å². The van der Waals surface area contributed by atoms with Crippen LogP contribution in [0.25, 0.3) is 10.4 Å². The van der Waals surface area contributed by atoms with E-state index in [0.717, 1.165) is 0 Å². The van der Waals surface area contributed by atoms with Crippen LogP contribution in [-0.2, 0) is 9.47 Å². The number of rotatable bonds is 3. The molecule has 0 aliphatic carbocycles. The number of hydrogen-bond acceptors (Lipinski definition) is 6. The summed E-state index contributed by atoms with van der Waals surface area (Å²) in [6.07, 6.45) is -4.48. The molecule has 1 heterocycles. The number of azide groups is 1. The summed E-state index contributed by atoms with van der Waals surface area (Å²) in [4.78, 5) is 2.51. The Balaban J connectivity index is 2.85. The summed E-state index contributed by atoms with van der Waals surface area (Å²) in [5.74, 6) is 0. The number of ether oxygens (including phenoxy) is 2. The lowest BCUT2D eigenvalue weighted by Gasteiger charge is -2.39. The van der Waals surface area contributed by atoms with Crippen molar-refractivity contribution in [3.63, 3.8) is 0 Å². The molecular formula is C7H13N3O5. The zero-order valence-corrected chi connectivity index (χ0v) is 8.09. The van der Waals surface area contributed by atoms with Crippen LogP contribution in [0.3, 0.4) is 0 Å². The Hall–Kier alpha value is -0.890. The highest BCUT2D eigenvalue weighted by molar-refractivity contribution is 4.94. The van der Waals surface area contributed by atoms with Gasteiger partial charge >= 0.3 is 0 Å². The van der Waals surface area contributed by atoms with Gasteiger partial charge in [0, 0.05) is 12.0 Å². The van der Waals surface area contributed by atoms with Crippen molar-refractivity contribution in [1.82, 2.24) is 0 Å². The van der Waals surface area contributed by atoms with E-state index in [1.807, 2.05) is 0 Å². The predicted octanol–water partition coefficient (Wildman–Crippen LogP) is -1.25. The minimum atomic E-state index is -1.26. The maximum atomic E-state index is 9.59. The van der Waals surface area contributed by atoms with E-state index in [0.29, 0.717) is 0 Å². The molecule has 0 aromatic rings. The molecule has 1 aliphatic rings. The molecule has 1 rings (SSSR count). The van der Waals surface area contributed by atoms with Crippen LogP contribution in [0.4, 0.5) is 0 Å². The summed E-state index contributed by atoms with van der Waals surface area (Å²) in [5.41, 5.74) is 8.26. The average molecular weight is 219 g/mol. The van der Waals surface area contributed by atoms with E-state index in [1.54, 1.807) is 0 Å². The number of aliphatic hydroxyl groups is 3. The monoisotopic (exact) mass is 219 g/mol. The van der Waals surface area contributed by atoms with Crippen LogP contribution in [0, 0.1) is 0 Å². The van der Waals surface area contributed by atoms with Crippen LogP contribution in [0.15, 0.2) is 5.11 Å². The van der Waals surface area contributed by atoms with Crippen LogP contribution in [0.5, 0.6) is 0 Å². The molecule has 86 valence electrons. The molecule has 0 spiro atoms. The van der Waals surface area contributed by atoms with Crippen molar-refractivity contribution in [3.8, 4) is 0 Å². The minimum Gasteiger partial charge on any atom is -0.394 e. The maximum Gasteiger partial charge on any atom is 0.184 e. The van der Waals surface area contributed by atoms with E-state index >= 15 is 0 Å². The van der Waals surface area contributed by atoms with Gasteiger partial charge < -0.3 is 24.8 Å². The van der Waals surface area contributed by atoms with E-state index in [1.165, 1.54) is 7.11 Å². The SMILES string of the molecule is CO[C@@H]1OC(CO)[C@@H](O)C(N=[N+]=[N-])C1O. The molecule has 15 heavy (non-hydrogen) atoms. The summed E-state index contributed by atoms with van der Waals surface area (Å²) in [6, 6.07) is -1.09. The second-order valence-corrected chi connectivity index (χ2v) is 3.14. The van der Waals surface area contributed by atoms with Gasteiger partial charge in [-0.25, -0.2) is 0 Å². The molecule has 0 aromatic heterocycles. The van der Waals surface area contributed by atoms with Gasteiger partial charge in [0.25, 0.3) is 0 Å². The number of hydrogen-bond donors (Lipinski definition) is 3. The van der Waals surface area contributed by atoms with Crippen LogP contribution < -0.4 is 0 Å². The van der Waals surface area contributed by atoms with Gasteiger partial charge in [0.05, 0.1) is 18.8 Å². The molecule has 0 saturated carbocycles. The third-order valence-corrected chi connectivity index (χ3v) is 2.27. The summed E-state index contributed by atoms with van der Waals surface area (Å²) in [7, 11) is 1.30. The smallest absolute Gasteiger partial charge is 0.184 e. The lowest BCUT2D eigenvalue weighted by molar-refractivity contribution is -0.267. The topological polar surface area (TPSA) is 128 Å². The standard InChI is InChI=1S/C7H13N3O5/c1-14-7-6(13)4(9-10-8)5(12)3(2-11)15-7/h3-7,11-13H,2H2,1H3/t3?,4?,5-,6?,7-/m1/s1. The molecule has 5 atom stereocenters. The first-order valence-electron chi connectivity index (χ1n) is 4.35. The maximum absolute atomic E-state index is 9.59. The summed E-state index contributed by atoms with van der Waals surface area (Å²) >= 11 is 0. The van der Waals surface area contributed by atoms with Crippen molar-refractivity contribution >= 4 is 0 Å². The van der Waals surface area contributed by atoms with E-state index in [4.69, 9.17) is 20.1 Å². The Bertz CT molecular complexity index is 241. The minimum absolute atomic E-state index is 0.453. The van der Waals surface area contributed by atoms with E-state index < -0.39 is 37.3 Å². The molecule has 3 N–H and O–H groups in total. The van der Waals surface area contributed by atoms with Crippen molar-refractivity contribution in [2.45, 2.75) is 30.6 Å². The molecule has 1 fully saturated rings. The van der Waals surface area contributed by atoms with Gasteiger partial charge in [0.1, 0.15) is 12.2 Å². The van der Waals surface area contributed by atoms with Crippen molar-refractivity contribution in [1.29, 1.82) is 0 Å². The van der Waals surface area contributed by atoms with Crippen LogP contribution >= 0.6 is 0 Å². The van der Waals surface area contributed by atoms with Gasteiger partial charge in [-0.1, -0.05) is 5.11 Å². The molecule has 0 amide bonds. The Morgan fingerprint density at radius 2 is 2.13 bits per heavy atom. The van der Waals surface area contributed by atoms with Crippen molar-refractivity contribution in [2.75, 3.05) is 13.7 Å². The van der Waals surface area contributed by atoms with Gasteiger partial charge in [-0.3, -0.25) is 0 Å². The Kier molecular flexibility index (Phi) is 4.28. The fourth-order valence-corrected chi connectivity index (χ4v) is 1.46. The lowest BCUT2D eigenvalue weighted by Crippen LogP contribution is -2.58. The van der Waals surface area contributed by atoms with Crippen LogP contribution in [-0.4, -0.2) is 59.7 Å². The molecule has 8 nitrogen and oxygen atoms in total. The second kappa shape index (κ2) is 5.26. The highest BCUT2D eigenvalue weighted by atomic mass is 16.7. The fraction of sp³-hybridized carbons (Fsp3) is 1.00. The molecule has 0 radical (unpaired) electrons. The first kappa shape index (κ1) is 12.2. The van der Waals surface area contributed by atoms with Crippen LogP contribution in [0.2, 0.25) is 0 Å². The van der Waals surface area contributed by atoms with Gasteiger partial charge in [0.15, 0.2) is 6.29 Å². The van der Waals surface area contributed by atoms with Crippen molar-refractivity contribution in [3.05, 3.63) is 10.4 Å². The summed E-state index contributed by atoms with van der Waals surface area (Å²) < 4.78 is 9.81. The predicted molar refractivity (Wildman–Crippen MR) is 47.7 cm³/mol. The Morgan fingerprint density at radius 1 is 1.47 bits per heavy atom. The normalized spacial score (nSPS) is 40.9. The van der Waals surface area contributed by atoms with E-state index in [2.05, 4.69) is 10.0 Å². The third-order valence-electron chi connectivity index (χ3n) is 2.27. The molecule has 8 heteroatoms. The van der Waals surface area contributed by atoms with Crippen molar-refractivity contribution < 1.29 is 24.8 Å². The number of aliphatic hydroxyl groups excluding tert-OH is 3. The zero-order chi connectivity index (χ0) is 11.4. The first-order chi connectivity index (χ1) is 7.15. The molecule has 1 saturated heterocycles. The lowest BCUT2D eigenvalue weighted by atomic mass is 9.97. The number of methoxy groups -OCH3 is 1. The first-order valence-corrected chi connectivity index (χ1v) is 4.35. The van der Waals surface area contributed by atoms with Gasteiger partial charge in [0.2, 0.25) is 0 Å². The van der Waals surface area contributed by atoms with Gasteiger partial charge in [-0.05, 0) is 5.53 Å². The highest BCUT2D eigenvalue weighted by Crippen LogP contribution is 2.23. The Morgan fingerprint density at radius 3 is 2.60 bits per heavy atom. The average Bonchev–Trinajstić information content (AvgIpc) is 2.25. The highest BCUT2D eigenvalue weighted by Gasteiger charge is 2.43. The molecule has 0 bridgehead atoms. The molecule has 3 unspecified atom stereocenters. The fourth-order valence-electron chi connectivity index (χ4n) is 1.46. The molecule has 1 aliphatic heterocycles. The third kappa shape index (κ3) is 2.37.